The molecule has 27 heavy (non-hydrogen) atoms. The topological polar surface area (TPSA) is 113 Å². The summed E-state index contributed by atoms with van der Waals surface area (Å²) in [5.74, 6) is -0.540. The maximum absolute atomic E-state index is 12.9. The molecule has 1 saturated heterocycles. The average molecular weight is 366 g/mol. The van der Waals surface area contributed by atoms with Gasteiger partial charge >= 0.3 is 0 Å². The summed E-state index contributed by atoms with van der Waals surface area (Å²) in [5.41, 5.74) is 0.434. The molecule has 3 heterocycles. The monoisotopic (exact) mass is 366 g/mol. The van der Waals surface area contributed by atoms with Gasteiger partial charge < -0.3 is 15.2 Å². The lowest BCUT2D eigenvalue weighted by Crippen LogP contribution is -2.58. The molecule has 2 N–H and O–H groups in total. The second-order valence-electron chi connectivity index (χ2n) is 6.37. The molecule has 9 heteroatoms. The molecule has 138 valence electrons. The normalized spacial score (nSPS) is 17.1. The number of amides is 2. The van der Waals surface area contributed by atoms with Crippen LogP contribution in [0.3, 0.4) is 0 Å². The number of nitrogens with one attached hydrogen (secondary N) is 2. The van der Waals surface area contributed by atoms with Gasteiger partial charge in [-0.2, -0.15) is 5.10 Å². The van der Waals surface area contributed by atoms with Crippen molar-refractivity contribution in [3.63, 3.8) is 0 Å². The van der Waals surface area contributed by atoms with Crippen LogP contribution in [-0.2, 0) is 22.6 Å². The number of carbonyl (C=O) groups excluding carboxylic acids is 2. The Labute approximate surface area is 154 Å². The number of H-pyrrole nitrogens is 1. The van der Waals surface area contributed by atoms with Crippen LogP contribution in [0.15, 0.2) is 47.8 Å². The molecule has 1 aromatic carbocycles. The molecule has 0 bridgehead atoms. The molecule has 2 amide bonds. The molecule has 0 radical (unpaired) electrons. The van der Waals surface area contributed by atoms with Crippen molar-refractivity contribution in [2.24, 2.45) is 0 Å². The van der Waals surface area contributed by atoms with Crippen LogP contribution in [-0.4, -0.2) is 55.6 Å². The first kappa shape index (κ1) is 17.0. The average Bonchev–Trinajstić information content (AvgIpc) is 3.19. The van der Waals surface area contributed by atoms with E-state index in [0.717, 1.165) is 15.8 Å². The summed E-state index contributed by atoms with van der Waals surface area (Å²) < 4.78 is 1.14. The van der Waals surface area contributed by atoms with E-state index in [-0.39, 0.29) is 23.9 Å². The highest BCUT2D eigenvalue weighted by atomic mass is 16.2. The van der Waals surface area contributed by atoms with E-state index in [4.69, 9.17) is 0 Å². The van der Waals surface area contributed by atoms with Gasteiger partial charge in [-0.05, 0) is 6.07 Å². The highest BCUT2D eigenvalue weighted by Gasteiger charge is 2.33. The first-order valence-corrected chi connectivity index (χ1v) is 8.63. The Balaban J connectivity index is 1.58. The smallest absolute Gasteiger partial charge is 0.275 e. The van der Waals surface area contributed by atoms with Crippen molar-refractivity contribution in [1.82, 2.24) is 30.0 Å². The first-order valence-electron chi connectivity index (χ1n) is 8.63. The summed E-state index contributed by atoms with van der Waals surface area (Å²) >= 11 is 0. The molecule has 2 aromatic heterocycles. The fraction of sp³-hybridized carbons (Fsp3) is 0.278. The van der Waals surface area contributed by atoms with Gasteiger partial charge in [-0.25, -0.2) is 9.67 Å². The summed E-state index contributed by atoms with van der Waals surface area (Å²) in [4.78, 5) is 46.1. The second-order valence-corrected chi connectivity index (χ2v) is 6.37. The Morgan fingerprint density at radius 3 is 2.89 bits per heavy atom. The molecule has 1 fully saturated rings. The van der Waals surface area contributed by atoms with Gasteiger partial charge in [0.05, 0.1) is 17.9 Å². The standard InChI is InChI=1S/C18H18N6O3/c25-16(10-24-18(27)14-4-2-1-3-12(14)8-22-24)23-6-5-20-17(26)15(23)7-13-9-19-11-21-13/h1-4,8-9,11,15H,5-7,10H2,(H,19,21)(H,20,26). The molecule has 1 aliphatic rings. The van der Waals surface area contributed by atoms with Crippen LogP contribution in [0.4, 0.5) is 0 Å². The van der Waals surface area contributed by atoms with Crippen molar-refractivity contribution in [3.05, 3.63) is 59.0 Å². The summed E-state index contributed by atoms with van der Waals surface area (Å²) in [6, 6.07) is 6.44. The third kappa shape index (κ3) is 3.31. The van der Waals surface area contributed by atoms with Crippen molar-refractivity contribution in [2.45, 2.75) is 19.0 Å². The minimum atomic E-state index is -0.650. The lowest BCUT2D eigenvalue weighted by atomic mass is 10.1. The summed E-state index contributed by atoms with van der Waals surface area (Å²) in [6.45, 7) is 0.548. The molecule has 3 aromatic rings. The molecular weight excluding hydrogens is 348 g/mol. The van der Waals surface area contributed by atoms with Gasteiger partial charge in [0.1, 0.15) is 12.6 Å². The Kier molecular flexibility index (Phi) is 4.41. The zero-order valence-corrected chi connectivity index (χ0v) is 14.5. The maximum atomic E-state index is 12.9. The lowest BCUT2D eigenvalue weighted by molar-refractivity contribution is -0.143. The Morgan fingerprint density at radius 2 is 2.07 bits per heavy atom. The fourth-order valence-electron chi connectivity index (χ4n) is 3.28. The van der Waals surface area contributed by atoms with E-state index in [1.54, 1.807) is 30.6 Å². The van der Waals surface area contributed by atoms with Crippen LogP contribution in [0.5, 0.6) is 0 Å². The van der Waals surface area contributed by atoms with E-state index in [0.29, 0.717) is 24.9 Å². The predicted molar refractivity (Wildman–Crippen MR) is 96.8 cm³/mol. The van der Waals surface area contributed by atoms with Crippen LogP contribution in [0.1, 0.15) is 5.69 Å². The number of imidazole rings is 1. The highest BCUT2D eigenvalue weighted by Crippen LogP contribution is 2.12. The van der Waals surface area contributed by atoms with Crippen molar-refractivity contribution in [1.29, 1.82) is 0 Å². The minimum absolute atomic E-state index is 0.212. The van der Waals surface area contributed by atoms with Gasteiger partial charge in [0.2, 0.25) is 11.8 Å². The first-order chi connectivity index (χ1) is 13.1. The second kappa shape index (κ2) is 7.02. The van der Waals surface area contributed by atoms with E-state index in [1.807, 2.05) is 6.07 Å². The summed E-state index contributed by atoms with van der Waals surface area (Å²) in [5, 5.41) is 8.11. The maximum Gasteiger partial charge on any atom is 0.275 e. The molecule has 9 nitrogen and oxygen atoms in total. The summed E-state index contributed by atoms with van der Waals surface area (Å²) in [7, 11) is 0. The van der Waals surface area contributed by atoms with Crippen molar-refractivity contribution in [3.8, 4) is 0 Å². The Bertz CT molecular complexity index is 1040. The summed E-state index contributed by atoms with van der Waals surface area (Å²) in [6.07, 6.45) is 5.05. The predicted octanol–water partition coefficient (Wildman–Crippen LogP) is -0.311. The number of carbonyl (C=O) groups is 2. The Morgan fingerprint density at radius 1 is 1.22 bits per heavy atom. The van der Waals surface area contributed by atoms with Crippen LogP contribution in [0, 0.1) is 0 Å². The number of rotatable bonds is 4. The van der Waals surface area contributed by atoms with Gasteiger partial charge in [-0.3, -0.25) is 14.4 Å². The van der Waals surface area contributed by atoms with Crippen molar-refractivity contribution >= 4 is 22.6 Å². The zero-order valence-electron chi connectivity index (χ0n) is 14.5. The molecule has 4 rings (SSSR count). The van der Waals surface area contributed by atoms with Gasteiger partial charge in [-0.1, -0.05) is 18.2 Å². The number of piperazine rings is 1. The van der Waals surface area contributed by atoms with Gasteiger partial charge in [-0.15, -0.1) is 0 Å². The molecule has 1 atom stereocenters. The van der Waals surface area contributed by atoms with Crippen LogP contribution < -0.4 is 10.9 Å². The minimum Gasteiger partial charge on any atom is -0.353 e. The molecule has 0 saturated carbocycles. The molecule has 1 unspecified atom stereocenters. The van der Waals surface area contributed by atoms with E-state index in [1.165, 1.54) is 11.2 Å². The van der Waals surface area contributed by atoms with Crippen LogP contribution in [0.25, 0.3) is 10.8 Å². The number of aromatic nitrogens is 4. The third-order valence-electron chi connectivity index (χ3n) is 4.67. The van der Waals surface area contributed by atoms with E-state index in [2.05, 4.69) is 20.4 Å². The van der Waals surface area contributed by atoms with E-state index < -0.39 is 6.04 Å². The Hall–Kier alpha value is -3.49. The number of nitrogens with zero attached hydrogens (tertiary/aromatic N) is 4. The van der Waals surface area contributed by atoms with Crippen LogP contribution >= 0.6 is 0 Å². The lowest BCUT2D eigenvalue weighted by Gasteiger charge is -2.34. The molecule has 1 aliphatic heterocycles. The molecular formula is C18H18N6O3. The van der Waals surface area contributed by atoms with Crippen molar-refractivity contribution in [2.75, 3.05) is 13.1 Å². The van der Waals surface area contributed by atoms with Gasteiger partial charge in [0.25, 0.3) is 5.56 Å². The quantitative estimate of drug-likeness (QED) is 0.658. The third-order valence-corrected chi connectivity index (χ3v) is 4.67. The van der Waals surface area contributed by atoms with E-state index >= 15 is 0 Å². The van der Waals surface area contributed by atoms with Gasteiger partial charge in [0, 0.05) is 36.8 Å². The number of benzene rings is 1. The van der Waals surface area contributed by atoms with Crippen molar-refractivity contribution < 1.29 is 9.59 Å². The van der Waals surface area contributed by atoms with Crippen LogP contribution in [0.2, 0.25) is 0 Å². The molecule has 0 aliphatic carbocycles. The van der Waals surface area contributed by atoms with E-state index in [9.17, 15) is 14.4 Å². The largest absolute Gasteiger partial charge is 0.353 e. The number of hydrogen-bond acceptors (Lipinski definition) is 5. The molecule has 0 spiro atoms. The zero-order chi connectivity index (χ0) is 18.8. The SMILES string of the molecule is O=C1NCCN(C(=O)Cn2ncc3ccccc3c2=O)C1Cc1cnc[nH]1. The number of hydrogen-bond donors (Lipinski definition) is 2. The number of fused-ring (bicyclic) bond motifs is 1. The fourth-order valence-corrected chi connectivity index (χ4v) is 3.28. The number of aromatic amines is 1. The van der Waals surface area contributed by atoms with Gasteiger partial charge in [0.15, 0.2) is 0 Å². The highest BCUT2D eigenvalue weighted by molar-refractivity contribution is 5.89.